The average Bonchev–Trinajstić information content (AvgIpc) is 3.42. The number of ether oxygens (including phenoxy) is 1. The van der Waals surface area contributed by atoms with Crippen molar-refractivity contribution in [2.75, 3.05) is 44.3 Å². The Kier molecular flexibility index (Phi) is 7.32. The highest BCUT2D eigenvalue weighted by Crippen LogP contribution is 2.26. The van der Waals surface area contributed by atoms with Gasteiger partial charge in [-0.25, -0.2) is 4.98 Å². The molecule has 1 atom stereocenters. The van der Waals surface area contributed by atoms with E-state index in [0.29, 0.717) is 18.1 Å². The van der Waals surface area contributed by atoms with E-state index in [4.69, 9.17) is 4.74 Å². The highest BCUT2D eigenvalue weighted by molar-refractivity contribution is 7.14. The Balaban J connectivity index is 1.45. The first kappa shape index (κ1) is 21.9. The Labute approximate surface area is 187 Å². The van der Waals surface area contributed by atoms with Crippen LogP contribution in [0.3, 0.4) is 0 Å². The first-order valence-electron chi connectivity index (χ1n) is 11.0. The minimum Gasteiger partial charge on any atom is -0.379 e. The van der Waals surface area contributed by atoms with E-state index in [1.54, 1.807) is 4.90 Å². The molecule has 0 aliphatic carbocycles. The molecule has 2 aliphatic heterocycles. The molecular formula is C23H30N4O3S. The zero-order valence-electron chi connectivity index (χ0n) is 18.0. The van der Waals surface area contributed by atoms with Crippen LogP contribution in [0.25, 0.3) is 0 Å². The molecule has 2 amide bonds. The van der Waals surface area contributed by atoms with Gasteiger partial charge < -0.3 is 9.64 Å². The molecule has 166 valence electrons. The number of aromatic nitrogens is 1. The maximum Gasteiger partial charge on any atom is 0.229 e. The second-order valence-electron chi connectivity index (χ2n) is 8.22. The molecule has 7 nitrogen and oxygen atoms in total. The van der Waals surface area contributed by atoms with Gasteiger partial charge in [0, 0.05) is 50.6 Å². The van der Waals surface area contributed by atoms with Crippen molar-refractivity contribution in [3.05, 3.63) is 47.0 Å². The van der Waals surface area contributed by atoms with Crippen molar-refractivity contribution in [2.45, 2.75) is 38.8 Å². The third-order valence-electron chi connectivity index (χ3n) is 5.85. The van der Waals surface area contributed by atoms with Crippen LogP contribution in [-0.4, -0.2) is 72.0 Å². The van der Waals surface area contributed by atoms with Crippen LogP contribution < -0.4 is 4.90 Å². The first-order valence-corrected chi connectivity index (χ1v) is 11.9. The summed E-state index contributed by atoms with van der Waals surface area (Å²) in [5, 5.41) is 2.62. The molecule has 31 heavy (non-hydrogen) atoms. The fraction of sp³-hybridized carbons (Fsp3) is 0.522. The molecule has 0 bridgehead atoms. The Bertz CT molecular complexity index is 882. The number of nitrogens with zero attached hydrogens (tertiary/aromatic N) is 4. The van der Waals surface area contributed by atoms with E-state index in [1.807, 2.05) is 28.5 Å². The molecule has 1 aromatic carbocycles. The van der Waals surface area contributed by atoms with Crippen LogP contribution in [0.2, 0.25) is 0 Å². The lowest BCUT2D eigenvalue weighted by atomic mass is 10.1. The number of rotatable bonds is 8. The topological polar surface area (TPSA) is 66.0 Å². The quantitative estimate of drug-likeness (QED) is 0.629. The summed E-state index contributed by atoms with van der Waals surface area (Å²) in [6.45, 7) is 7.53. The number of carbonyl (C=O) groups excluding carboxylic acids is 2. The largest absolute Gasteiger partial charge is 0.379 e. The summed E-state index contributed by atoms with van der Waals surface area (Å²) in [7, 11) is 0. The minimum absolute atomic E-state index is 0.0641. The van der Waals surface area contributed by atoms with Crippen molar-refractivity contribution in [1.82, 2.24) is 14.8 Å². The van der Waals surface area contributed by atoms with Crippen LogP contribution in [0.15, 0.2) is 35.7 Å². The molecule has 0 saturated carbocycles. The van der Waals surface area contributed by atoms with Crippen LogP contribution in [0.5, 0.6) is 0 Å². The second kappa shape index (κ2) is 10.3. The molecule has 2 aromatic rings. The summed E-state index contributed by atoms with van der Waals surface area (Å²) >= 11 is 1.45. The summed E-state index contributed by atoms with van der Waals surface area (Å²) < 4.78 is 5.46. The zero-order valence-corrected chi connectivity index (χ0v) is 18.9. The third-order valence-corrected chi connectivity index (χ3v) is 6.76. The van der Waals surface area contributed by atoms with Crippen LogP contribution in [0, 0.1) is 0 Å². The van der Waals surface area contributed by atoms with Crippen LogP contribution in [0.4, 0.5) is 5.13 Å². The lowest BCUT2D eigenvalue weighted by Gasteiger charge is -2.35. The number of anilines is 1. The molecule has 3 heterocycles. The highest BCUT2D eigenvalue weighted by atomic mass is 32.1. The Morgan fingerprint density at radius 1 is 1.23 bits per heavy atom. The van der Waals surface area contributed by atoms with E-state index >= 15 is 0 Å². The number of hydrogen-bond donors (Lipinski definition) is 0. The van der Waals surface area contributed by atoms with E-state index < -0.39 is 0 Å². The number of morpholine rings is 1. The summed E-state index contributed by atoms with van der Waals surface area (Å²) in [5.74, 6) is 0.186. The van der Waals surface area contributed by atoms with E-state index in [2.05, 4.69) is 28.9 Å². The Hall–Kier alpha value is -2.29. The SMILES string of the molecule is CC(CN1CCOCC1)N(Cc1ccccc1)C(=O)Cc1csc(N2CCCC2=O)n1. The summed E-state index contributed by atoms with van der Waals surface area (Å²) in [6, 6.07) is 10.2. The maximum absolute atomic E-state index is 13.4. The van der Waals surface area contributed by atoms with Gasteiger partial charge in [-0.3, -0.25) is 19.4 Å². The molecule has 2 saturated heterocycles. The van der Waals surface area contributed by atoms with Gasteiger partial charge in [-0.2, -0.15) is 0 Å². The van der Waals surface area contributed by atoms with E-state index in [-0.39, 0.29) is 24.3 Å². The van der Waals surface area contributed by atoms with Crippen LogP contribution in [-0.2, 0) is 27.3 Å². The summed E-state index contributed by atoms with van der Waals surface area (Å²) in [4.78, 5) is 36.0. The van der Waals surface area contributed by atoms with Gasteiger partial charge in [0.2, 0.25) is 11.8 Å². The predicted octanol–water partition coefficient (Wildman–Crippen LogP) is 2.56. The summed E-state index contributed by atoms with van der Waals surface area (Å²) in [6.07, 6.45) is 1.70. The smallest absolute Gasteiger partial charge is 0.229 e. The lowest BCUT2D eigenvalue weighted by molar-refractivity contribution is -0.133. The predicted molar refractivity (Wildman–Crippen MR) is 121 cm³/mol. The average molecular weight is 443 g/mol. The zero-order chi connectivity index (χ0) is 21.6. The van der Waals surface area contributed by atoms with Gasteiger partial charge in [0.1, 0.15) is 0 Å². The van der Waals surface area contributed by atoms with Crippen molar-refractivity contribution in [2.24, 2.45) is 0 Å². The molecule has 1 unspecified atom stereocenters. The molecule has 0 N–H and O–H groups in total. The normalized spacial score (nSPS) is 18.4. The van der Waals surface area contributed by atoms with Crippen molar-refractivity contribution < 1.29 is 14.3 Å². The first-order chi connectivity index (χ1) is 15.1. The van der Waals surface area contributed by atoms with Gasteiger partial charge in [0.05, 0.1) is 25.3 Å². The van der Waals surface area contributed by atoms with Crippen LogP contribution in [0.1, 0.15) is 31.0 Å². The van der Waals surface area contributed by atoms with Crippen LogP contribution >= 0.6 is 11.3 Å². The molecule has 8 heteroatoms. The molecule has 0 radical (unpaired) electrons. The monoisotopic (exact) mass is 442 g/mol. The van der Waals surface area contributed by atoms with Crippen molar-refractivity contribution in [1.29, 1.82) is 0 Å². The van der Waals surface area contributed by atoms with E-state index in [0.717, 1.165) is 57.1 Å². The van der Waals surface area contributed by atoms with Gasteiger partial charge in [0.25, 0.3) is 0 Å². The Morgan fingerprint density at radius 2 is 2.00 bits per heavy atom. The molecular weight excluding hydrogens is 412 g/mol. The molecule has 2 aliphatic rings. The van der Waals surface area contributed by atoms with E-state index in [1.165, 1.54) is 11.3 Å². The van der Waals surface area contributed by atoms with Gasteiger partial charge in [-0.05, 0) is 18.9 Å². The molecule has 0 spiro atoms. The maximum atomic E-state index is 13.4. The molecule has 4 rings (SSSR count). The number of benzene rings is 1. The van der Waals surface area contributed by atoms with Gasteiger partial charge in [-0.1, -0.05) is 30.3 Å². The van der Waals surface area contributed by atoms with Gasteiger partial charge in [-0.15, -0.1) is 11.3 Å². The van der Waals surface area contributed by atoms with Crippen molar-refractivity contribution in [3.63, 3.8) is 0 Å². The third kappa shape index (κ3) is 5.70. The Morgan fingerprint density at radius 3 is 2.71 bits per heavy atom. The van der Waals surface area contributed by atoms with E-state index in [9.17, 15) is 9.59 Å². The highest BCUT2D eigenvalue weighted by Gasteiger charge is 2.27. The minimum atomic E-state index is 0.0641. The molecule has 2 fully saturated rings. The fourth-order valence-electron chi connectivity index (χ4n) is 4.13. The standard InChI is InChI=1S/C23H30N4O3S/c1-18(15-25-10-12-30-13-11-25)27(16-19-6-3-2-4-7-19)22(29)14-20-17-31-23(24-20)26-9-5-8-21(26)28/h2-4,6-7,17-18H,5,8-16H2,1H3. The summed E-state index contributed by atoms with van der Waals surface area (Å²) in [5.41, 5.74) is 1.85. The van der Waals surface area contributed by atoms with Crippen molar-refractivity contribution >= 4 is 28.3 Å². The lowest BCUT2D eigenvalue weighted by Crippen LogP contribution is -2.48. The van der Waals surface area contributed by atoms with Gasteiger partial charge in [0.15, 0.2) is 5.13 Å². The van der Waals surface area contributed by atoms with Crippen molar-refractivity contribution in [3.8, 4) is 0 Å². The number of thiazole rings is 1. The number of hydrogen-bond acceptors (Lipinski definition) is 6. The molecule has 1 aromatic heterocycles. The number of amides is 2. The number of carbonyl (C=O) groups is 2. The van der Waals surface area contributed by atoms with Gasteiger partial charge >= 0.3 is 0 Å². The second-order valence-corrected chi connectivity index (χ2v) is 9.05. The fourth-order valence-corrected chi connectivity index (χ4v) is 5.00.